The summed E-state index contributed by atoms with van der Waals surface area (Å²) in [6.45, 7) is 11.9. The number of hydrogen-bond acceptors (Lipinski definition) is 13. The van der Waals surface area contributed by atoms with Crippen molar-refractivity contribution in [2.24, 2.45) is 0 Å². The molecule has 13 nitrogen and oxygen atoms in total. The summed E-state index contributed by atoms with van der Waals surface area (Å²) in [6, 6.07) is 9.00. The second-order valence-electron chi connectivity index (χ2n) is 17.2. The predicted octanol–water partition coefficient (Wildman–Crippen LogP) is 6.99. The maximum absolute atomic E-state index is 14.5. The summed E-state index contributed by atoms with van der Waals surface area (Å²) in [7, 11) is 2.17. The highest BCUT2D eigenvalue weighted by molar-refractivity contribution is 7.99. The van der Waals surface area contributed by atoms with Gasteiger partial charge in [0.25, 0.3) is 0 Å². The van der Waals surface area contributed by atoms with Gasteiger partial charge in [-0.25, -0.2) is 18.4 Å². The molecule has 1 aliphatic carbocycles. The number of nitrogens with one attached hydrogen (secondary N) is 4. The van der Waals surface area contributed by atoms with Crippen molar-refractivity contribution in [2.45, 2.75) is 136 Å². The van der Waals surface area contributed by atoms with Crippen molar-refractivity contribution in [3.63, 3.8) is 0 Å². The summed E-state index contributed by atoms with van der Waals surface area (Å²) < 4.78 is 34.0. The zero-order chi connectivity index (χ0) is 40.5. The van der Waals surface area contributed by atoms with E-state index in [0.29, 0.717) is 34.1 Å². The maximum atomic E-state index is 14.5. The number of likely N-dealkylation sites (N-methyl/N-ethyl adjacent to an activating group) is 1. The number of piperazine rings is 1. The molecule has 0 radical (unpaired) electrons. The average Bonchev–Trinajstić information content (AvgIpc) is 3.62. The Labute approximate surface area is 346 Å². The maximum Gasteiger partial charge on any atom is 0.204 e. The smallest absolute Gasteiger partial charge is 0.204 e. The van der Waals surface area contributed by atoms with Crippen molar-refractivity contribution in [1.82, 2.24) is 40.6 Å². The highest BCUT2D eigenvalue weighted by Gasteiger charge is 2.48. The molecule has 1 unspecified atom stereocenters. The van der Waals surface area contributed by atoms with Crippen LogP contribution in [0.4, 0.5) is 17.5 Å². The predicted molar refractivity (Wildman–Crippen MR) is 232 cm³/mol. The van der Waals surface area contributed by atoms with Gasteiger partial charge in [0.15, 0.2) is 26.6 Å². The molecule has 0 amide bonds. The van der Waals surface area contributed by atoms with Crippen LogP contribution in [0.25, 0.3) is 0 Å². The number of hydrogen-bond donors (Lipinski definition) is 4. The van der Waals surface area contributed by atoms with E-state index in [2.05, 4.69) is 54.9 Å². The molecule has 2 aliphatic heterocycles. The fraction of sp³-hybridized carbons (Fsp3) is 0.690. The summed E-state index contributed by atoms with van der Waals surface area (Å²) in [4.78, 5) is 18.1. The van der Waals surface area contributed by atoms with E-state index in [0.717, 1.165) is 74.9 Å². The van der Waals surface area contributed by atoms with Crippen LogP contribution in [-0.2, 0) is 9.84 Å². The molecule has 4 N–H and O–H groups in total. The van der Waals surface area contributed by atoms with Gasteiger partial charge < -0.3 is 25.2 Å². The monoisotopic (exact) mass is 824 g/mol. The quantitative estimate of drug-likeness (QED) is 0.140. The summed E-state index contributed by atoms with van der Waals surface area (Å²) in [5.41, 5.74) is 0.826. The first kappa shape index (κ1) is 43.6. The molecule has 2 aromatic heterocycles. The highest BCUT2D eigenvalue weighted by atomic mass is 32.2. The van der Waals surface area contributed by atoms with E-state index in [9.17, 15) is 8.42 Å². The van der Waals surface area contributed by atoms with Crippen molar-refractivity contribution < 1.29 is 13.2 Å². The van der Waals surface area contributed by atoms with Crippen molar-refractivity contribution in [2.75, 3.05) is 77.4 Å². The average molecular weight is 825 g/mol. The lowest BCUT2D eigenvalue weighted by molar-refractivity contribution is 0.154. The van der Waals surface area contributed by atoms with Crippen molar-refractivity contribution in [1.29, 1.82) is 0 Å². The lowest BCUT2D eigenvalue weighted by atomic mass is 9.77. The number of methoxy groups -OCH3 is 1. The van der Waals surface area contributed by atoms with Gasteiger partial charge in [-0.2, -0.15) is 5.10 Å². The number of anilines is 3. The number of aromatic amines is 1. The van der Waals surface area contributed by atoms with E-state index < -0.39 is 14.6 Å². The number of aryl methyl sites for hydroxylation is 1. The minimum atomic E-state index is -3.69. The Balaban J connectivity index is 1.19. The number of ether oxygens (including phenoxy) is 1. The first-order chi connectivity index (χ1) is 27.4. The number of benzene rings is 1. The van der Waals surface area contributed by atoms with Crippen LogP contribution in [0.15, 0.2) is 45.3 Å². The highest BCUT2D eigenvalue weighted by Crippen LogP contribution is 2.40. The van der Waals surface area contributed by atoms with E-state index in [4.69, 9.17) is 14.7 Å². The van der Waals surface area contributed by atoms with Crippen LogP contribution in [0.3, 0.4) is 0 Å². The minimum absolute atomic E-state index is 0.0297. The molecular formula is C42H68N10O3S2. The molecule has 6 rings (SSSR count). The third-order valence-electron chi connectivity index (χ3n) is 12.4. The second-order valence-corrected chi connectivity index (χ2v) is 20.8. The molecule has 2 saturated heterocycles. The van der Waals surface area contributed by atoms with Gasteiger partial charge in [0, 0.05) is 68.5 Å². The third-order valence-corrected chi connectivity index (χ3v) is 15.8. The van der Waals surface area contributed by atoms with Crippen LogP contribution in [0.5, 0.6) is 5.75 Å². The lowest BCUT2D eigenvalue weighted by Gasteiger charge is -2.47. The van der Waals surface area contributed by atoms with Crippen LogP contribution < -0.4 is 25.6 Å². The number of nitrogens with zero attached hydrogens (tertiary/aromatic N) is 6. The summed E-state index contributed by atoms with van der Waals surface area (Å²) in [6.07, 6.45) is 15.9. The van der Waals surface area contributed by atoms with Crippen molar-refractivity contribution in [3.8, 4) is 5.75 Å². The molecule has 0 bridgehead atoms. The number of sulfone groups is 1. The van der Waals surface area contributed by atoms with Gasteiger partial charge in [-0.3, -0.25) is 15.3 Å². The van der Waals surface area contributed by atoms with Gasteiger partial charge in [-0.1, -0.05) is 64.2 Å². The fourth-order valence-electron chi connectivity index (χ4n) is 8.61. The second kappa shape index (κ2) is 19.9. The van der Waals surface area contributed by atoms with E-state index in [1.54, 1.807) is 19.2 Å². The van der Waals surface area contributed by atoms with Crippen molar-refractivity contribution >= 4 is 39.1 Å². The Morgan fingerprint density at radius 2 is 1.58 bits per heavy atom. The molecule has 3 aromatic rings. The van der Waals surface area contributed by atoms with Gasteiger partial charge in [0.2, 0.25) is 5.75 Å². The van der Waals surface area contributed by atoms with Gasteiger partial charge >= 0.3 is 0 Å². The standard InChI is InChI=1S/C42H68N10O3S2/c1-32-29-36(49-48-32)45-38-37(55-6)39(52-27-25-51(26-28-52)24-23-50(4)5)47-40(46-38)56-33-17-19-34(20-18-33)57(53,54)41(2,3)35-30-42(44-31-43-35)21-15-13-11-9-7-8-10-12-14-16-22-42/h17-20,29,35,43-44H,7-16,21-28,30-31H2,1-6H3,(H2,45,46,47,48,49). The number of rotatable bonds is 12. The normalized spacial score (nSPS) is 20.8. The third kappa shape index (κ3) is 11.2. The Hall–Kier alpha value is -2.95. The van der Waals surface area contributed by atoms with Crippen LogP contribution in [0, 0.1) is 6.92 Å². The first-order valence-electron chi connectivity index (χ1n) is 21.3. The van der Waals surface area contributed by atoms with Crippen LogP contribution in [0.2, 0.25) is 0 Å². The Morgan fingerprint density at radius 3 is 2.16 bits per heavy atom. The molecule has 1 atom stereocenters. The Morgan fingerprint density at radius 1 is 0.947 bits per heavy atom. The Kier molecular flexibility index (Phi) is 15.2. The van der Waals surface area contributed by atoms with E-state index in [1.807, 2.05) is 39.0 Å². The molecule has 15 heteroatoms. The van der Waals surface area contributed by atoms with Crippen LogP contribution in [0.1, 0.15) is 103 Å². The number of H-pyrrole nitrogens is 1. The van der Waals surface area contributed by atoms with E-state index in [-0.39, 0.29) is 11.6 Å². The van der Waals surface area contributed by atoms with Gasteiger partial charge in [-0.15, -0.1) is 0 Å². The minimum Gasteiger partial charge on any atom is -0.490 e. The van der Waals surface area contributed by atoms with Gasteiger partial charge in [-0.05, 0) is 90.2 Å². The van der Waals surface area contributed by atoms with E-state index in [1.165, 1.54) is 76.0 Å². The van der Waals surface area contributed by atoms with E-state index >= 15 is 0 Å². The first-order valence-corrected chi connectivity index (χ1v) is 23.6. The van der Waals surface area contributed by atoms with Crippen molar-refractivity contribution in [3.05, 3.63) is 36.0 Å². The molecule has 57 heavy (non-hydrogen) atoms. The molecule has 3 fully saturated rings. The van der Waals surface area contributed by atoms with Crippen LogP contribution >= 0.6 is 11.8 Å². The summed E-state index contributed by atoms with van der Waals surface area (Å²) in [5, 5.41) is 18.6. The topological polar surface area (TPSA) is 144 Å². The van der Waals surface area contributed by atoms with Gasteiger partial charge in [0.1, 0.15) is 5.82 Å². The lowest BCUT2D eigenvalue weighted by Crippen LogP contribution is -2.65. The summed E-state index contributed by atoms with van der Waals surface area (Å²) >= 11 is 1.41. The molecule has 4 heterocycles. The van der Waals surface area contributed by atoms with Gasteiger partial charge in [0.05, 0.1) is 22.4 Å². The zero-order valence-corrected chi connectivity index (χ0v) is 37.0. The van der Waals surface area contributed by atoms with Crippen LogP contribution in [-0.4, -0.2) is 122 Å². The molecule has 1 saturated carbocycles. The Bertz CT molecular complexity index is 1810. The molecule has 316 valence electrons. The molecule has 3 aliphatic rings. The fourth-order valence-corrected chi connectivity index (χ4v) is 11.0. The zero-order valence-electron chi connectivity index (χ0n) is 35.3. The molecule has 1 spiro atoms. The SMILES string of the molecule is COc1c(Nc2cc(C)n[nH]2)nc(Sc2ccc(S(=O)(=O)C(C)(C)C3CC4(CCCCCCCCCCCC4)NCN3)cc2)nc1N1CCN(CCN(C)C)CC1. The number of aromatic nitrogens is 4. The largest absolute Gasteiger partial charge is 0.490 e. The molecular weight excluding hydrogens is 757 g/mol. The summed E-state index contributed by atoms with van der Waals surface area (Å²) in [5.74, 6) is 2.53. The molecule has 1 aromatic carbocycles.